The molecular weight excluding hydrogens is 347 g/mol. The van der Waals surface area contributed by atoms with Crippen molar-refractivity contribution in [1.29, 1.82) is 0 Å². The highest BCUT2D eigenvalue weighted by molar-refractivity contribution is 7.89. The Hall–Kier alpha value is -0.670. The Kier molecular flexibility index (Phi) is 4.70. The van der Waals surface area contributed by atoms with Crippen LogP contribution in [-0.4, -0.2) is 38.2 Å². The molecule has 1 aliphatic heterocycles. The molecule has 2 amide bonds. The number of amides is 2. The molecule has 0 aliphatic carbocycles. The van der Waals surface area contributed by atoms with Gasteiger partial charge in [-0.05, 0) is 6.07 Å². The first-order valence-corrected chi connectivity index (χ1v) is 8.64. The predicted octanol–water partition coefficient (Wildman–Crippen LogP) is 1.48. The van der Waals surface area contributed by atoms with E-state index in [0.29, 0.717) is 0 Å². The van der Waals surface area contributed by atoms with E-state index in [9.17, 15) is 18.0 Å². The minimum Gasteiger partial charge on any atom is -0.281 e. The van der Waals surface area contributed by atoms with Gasteiger partial charge in [0.1, 0.15) is 9.23 Å². The minimum atomic E-state index is -3.80. The summed E-state index contributed by atoms with van der Waals surface area (Å²) >= 11 is 12.4. The summed E-state index contributed by atoms with van der Waals surface area (Å²) < 4.78 is 26.6. The van der Waals surface area contributed by atoms with Crippen LogP contribution in [0.5, 0.6) is 0 Å². The van der Waals surface area contributed by atoms with E-state index >= 15 is 0 Å². The number of carbonyl (C=O) groups excluding carboxylic acids is 2. The molecule has 1 aromatic rings. The Bertz CT molecular complexity index is 640. The van der Waals surface area contributed by atoms with Gasteiger partial charge in [-0.2, -0.15) is 0 Å². The van der Waals surface area contributed by atoms with Crippen molar-refractivity contribution in [3.05, 3.63) is 14.7 Å². The van der Waals surface area contributed by atoms with Crippen molar-refractivity contribution in [3.63, 3.8) is 0 Å². The lowest BCUT2D eigenvalue weighted by molar-refractivity contribution is -0.138. The van der Waals surface area contributed by atoms with Crippen LogP contribution in [0.15, 0.2) is 11.0 Å². The summed E-state index contributed by atoms with van der Waals surface area (Å²) in [6.45, 7) is -0.0595. The highest BCUT2D eigenvalue weighted by atomic mass is 35.5. The average Bonchev–Trinajstić information content (AvgIpc) is 2.85. The van der Waals surface area contributed by atoms with Crippen LogP contribution in [0.3, 0.4) is 0 Å². The molecule has 2 heterocycles. The van der Waals surface area contributed by atoms with E-state index in [0.717, 1.165) is 16.2 Å². The average molecular weight is 357 g/mol. The van der Waals surface area contributed by atoms with Crippen molar-refractivity contribution in [2.24, 2.45) is 0 Å². The Morgan fingerprint density at radius 3 is 2.35 bits per heavy atom. The van der Waals surface area contributed by atoms with E-state index in [1.54, 1.807) is 0 Å². The van der Waals surface area contributed by atoms with Gasteiger partial charge < -0.3 is 0 Å². The van der Waals surface area contributed by atoms with Crippen molar-refractivity contribution >= 4 is 56.4 Å². The molecule has 0 radical (unpaired) electrons. The van der Waals surface area contributed by atoms with Crippen molar-refractivity contribution in [3.8, 4) is 0 Å². The first-order chi connectivity index (χ1) is 9.31. The van der Waals surface area contributed by atoms with E-state index in [1.807, 2.05) is 0 Å². The van der Waals surface area contributed by atoms with Gasteiger partial charge in [-0.3, -0.25) is 14.5 Å². The van der Waals surface area contributed by atoms with Crippen molar-refractivity contribution in [2.45, 2.75) is 17.7 Å². The lowest BCUT2D eigenvalue weighted by atomic mass is 10.4. The largest absolute Gasteiger partial charge is 0.281 e. The Morgan fingerprint density at radius 1 is 1.25 bits per heavy atom. The van der Waals surface area contributed by atoms with Gasteiger partial charge in [-0.25, -0.2) is 13.1 Å². The molecule has 0 bridgehead atoms. The molecule has 0 unspecified atom stereocenters. The van der Waals surface area contributed by atoms with Gasteiger partial charge in [-0.15, -0.1) is 11.3 Å². The Morgan fingerprint density at radius 2 is 1.85 bits per heavy atom. The topological polar surface area (TPSA) is 83.6 Å². The van der Waals surface area contributed by atoms with Gasteiger partial charge in [0.15, 0.2) is 0 Å². The van der Waals surface area contributed by atoms with Gasteiger partial charge in [0, 0.05) is 25.9 Å². The molecule has 0 atom stereocenters. The predicted molar refractivity (Wildman–Crippen MR) is 75.5 cm³/mol. The molecule has 6 nitrogen and oxygen atoms in total. The summed E-state index contributed by atoms with van der Waals surface area (Å²) in [5.74, 6) is -0.573. The maximum absolute atomic E-state index is 12.0. The number of halogens is 2. The molecule has 1 aliphatic rings. The number of imide groups is 1. The van der Waals surface area contributed by atoms with Crippen LogP contribution in [0.2, 0.25) is 8.67 Å². The van der Waals surface area contributed by atoms with Crippen LogP contribution in [0, 0.1) is 0 Å². The molecule has 110 valence electrons. The number of nitrogens with one attached hydrogen (secondary N) is 1. The van der Waals surface area contributed by atoms with Crippen LogP contribution < -0.4 is 4.72 Å². The summed E-state index contributed by atoms with van der Waals surface area (Å²) in [7, 11) is -3.80. The Balaban J connectivity index is 1.98. The summed E-state index contributed by atoms with van der Waals surface area (Å²) in [4.78, 5) is 23.7. The smallest absolute Gasteiger partial charge is 0.243 e. The van der Waals surface area contributed by atoms with E-state index in [1.165, 1.54) is 6.07 Å². The summed E-state index contributed by atoms with van der Waals surface area (Å²) in [6.07, 6.45) is 0.356. The van der Waals surface area contributed by atoms with E-state index < -0.39 is 10.0 Å². The van der Waals surface area contributed by atoms with E-state index in [-0.39, 0.29) is 51.3 Å². The van der Waals surface area contributed by atoms with Gasteiger partial charge >= 0.3 is 0 Å². The maximum atomic E-state index is 12.0. The number of nitrogens with zero attached hydrogens (tertiary/aromatic N) is 1. The fraction of sp³-hybridized carbons (Fsp3) is 0.400. The van der Waals surface area contributed by atoms with Crippen molar-refractivity contribution in [1.82, 2.24) is 9.62 Å². The van der Waals surface area contributed by atoms with Crippen LogP contribution in [0.25, 0.3) is 0 Å². The van der Waals surface area contributed by atoms with E-state index in [4.69, 9.17) is 23.2 Å². The number of thiophene rings is 1. The quantitative estimate of drug-likeness (QED) is 0.810. The fourth-order valence-electron chi connectivity index (χ4n) is 1.75. The summed E-state index contributed by atoms with van der Waals surface area (Å²) in [5.41, 5.74) is 0. The highest BCUT2D eigenvalue weighted by Gasteiger charge is 2.29. The monoisotopic (exact) mass is 356 g/mol. The zero-order chi connectivity index (χ0) is 14.9. The second-order valence-electron chi connectivity index (χ2n) is 4.03. The third-order valence-corrected chi connectivity index (χ3v) is 5.91. The maximum Gasteiger partial charge on any atom is 0.243 e. The number of carbonyl (C=O) groups is 2. The van der Waals surface area contributed by atoms with Gasteiger partial charge in [0.2, 0.25) is 21.8 Å². The molecule has 1 fully saturated rings. The third-order valence-electron chi connectivity index (χ3n) is 2.70. The van der Waals surface area contributed by atoms with Crippen LogP contribution in [0.1, 0.15) is 12.8 Å². The lowest BCUT2D eigenvalue weighted by Crippen LogP contribution is -2.37. The normalized spacial score (nSPS) is 16.2. The van der Waals surface area contributed by atoms with Gasteiger partial charge in [0.05, 0.1) is 4.34 Å². The minimum absolute atomic E-state index is 0.00633. The zero-order valence-electron chi connectivity index (χ0n) is 10.1. The van der Waals surface area contributed by atoms with Gasteiger partial charge in [0.25, 0.3) is 0 Å². The highest BCUT2D eigenvalue weighted by Crippen LogP contribution is 2.33. The number of sulfonamides is 1. The second kappa shape index (κ2) is 5.98. The Labute approximate surface area is 129 Å². The molecule has 2 rings (SSSR count). The summed E-state index contributed by atoms with van der Waals surface area (Å²) in [5, 5.41) is 0. The first kappa shape index (κ1) is 15.7. The van der Waals surface area contributed by atoms with Crippen molar-refractivity contribution in [2.75, 3.05) is 13.1 Å². The number of likely N-dealkylation sites (tertiary alicyclic amines) is 1. The van der Waals surface area contributed by atoms with Crippen molar-refractivity contribution < 1.29 is 18.0 Å². The lowest BCUT2D eigenvalue weighted by Gasteiger charge is -2.13. The standard InChI is InChI=1S/C10H10Cl2N2O4S2/c11-7-5-6(10(12)19-7)20(17,18)13-3-4-14-8(15)1-2-9(14)16/h5,13H,1-4H2. The molecule has 1 N–H and O–H groups in total. The molecule has 0 aromatic carbocycles. The molecule has 10 heteroatoms. The first-order valence-electron chi connectivity index (χ1n) is 5.59. The van der Waals surface area contributed by atoms with Crippen LogP contribution in [0.4, 0.5) is 0 Å². The zero-order valence-corrected chi connectivity index (χ0v) is 13.2. The molecule has 1 aromatic heterocycles. The number of hydrogen-bond acceptors (Lipinski definition) is 5. The van der Waals surface area contributed by atoms with Crippen LogP contribution in [-0.2, 0) is 19.6 Å². The van der Waals surface area contributed by atoms with E-state index in [2.05, 4.69) is 4.72 Å². The molecule has 0 saturated carbocycles. The van der Waals surface area contributed by atoms with Gasteiger partial charge in [-0.1, -0.05) is 23.2 Å². The number of rotatable bonds is 5. The fourth-order valence-corrected chi connectivity index (χ4v) is 4.92. The SMILES string of the molecule is O=C1CCC(=O)N1CCNS(=O)(=O)c1cc(Cl)sc1Cl. The molecule has 20 heavy (non-hydrogen) atoms. The van der Waals surface area contributed by atoms with Crippen LogP contribution >= 0.6 is 34.5 Å². The summed E-state index contributed by atoms with van der Waals surface area (Å²) in [6, 6.07) is 1.25. The second-order valence-corrected chi connectivity index (χ2v) is 8.05. The molecule has 0 spiro atoms. The third kappa shape index (κ3) is 3.32. The molecule has 1 saturated heterocycles. The molecular formula is C10H10Cl2N2O4S2. The number of hydrogen-bond donors (Lipinski definition) is 1.